The molecule has 94 valence electrons. The third kappa shape index (κ3) is 5.45. The van der Waals surface area contributed by atoms with E-state index in [1.54, 1.807) is 31.3 Å². The molecule has 0 fully saturated rings. The maximum Gasteiger partial charge on any atom is 0.222 e. The maximum atomic E-state index is 11.8. The summed E-state index contributed by atoms with van der Waals surface area (Å²) in [5.41, 5.74) is 1.12. The van der Waals surface area contributed by atoms with Gasteiger partial charge in [0.1, 0.15) is 0 Å². The molecule has 1 aromatic rings. The van der Waals surface area contributed by atoms with Gasteiger partial charge in [-0.1, -0.05) is 0 Å². The Morgan fingerprint density at radius 1 is 1.47 bits per heavy atom. The molecule has 1 atom stereocenters. The van der Waals surface area contributed by atoms with Crippen LogP contribution in [0.5, 0.6) is 0 Å². The lowest BCUT2D eigenvalue weighted by atomic mass is 10.1. The van der Waals surface area contributed by atoms with Gasteiger partial charge in [-0.05, 0) is 37.5 Å². The summed E-state index contributed by atoms with van der Waals surface area (Å²) in [5, 5.41) is 9.15. The summed E-state index contributed by atoms with van der Waals surface area (Å²) < 4.78 is 0. The highest BCUT2D eigenvalue weighted by molar-refractivity contribution is 5.76. The zero-order valence-electron chi connectivity index (χ0n) is 10.5. The van der Waals surface area contributed by atoms with Crippen molar-refractivity contribution in [2.45, 2.75) is 32.3 Å². The third-order valence-electron chi connectivity index (χ3n) is 2.68. The second kappa shape index (κ2) is 7.01. The second-order valence-electron chi connectivity index (χ2n) is 4.31. The van der Waals surface area contributed by atoms with Crippen LogP contribution in [0.2, 0.25) is 0 Å². The Labute approximate surface area is 102 Å². The molecule has 4 nitrogen and oxygen atoms in total. The Morgan fingerprint density at radius 2 is 2.12 bits per heavy atom. The van der Waals surface area contributed by atoms with Gasteiger partial charge in [0.15, 0.2) is 0 Å². The summed E-state index contributed by atoms with van der Waals surface area (Å²) in [7, 11) is 1.78. The highest BCUT2D eigenvalue weighted by Gasteiger charge is 2.09. The van der Waals surface area contributed by atoms with Gasteiger partial charge in [0.2, 0.25) is 5.91 Å². The molecule has 1 rings (SSSR count). The van der Waals surface area contributed by atoms with Crippen LogP contribution in [0.1, 0.15) is 25.3 Å². The number of aromatic nitrogens is 1. The van der Waals surface area contributed by atoms with Gasteiger partial charge in [-0.3, -0.25) is 9.78 Å². The monoisotopic (exact) mass is 236 g/mol. The van der Waals surface area contributed by atoms with Crippen molar-refractivity contribution in [1.29, 1.82) is 0 Å². The first-order valence-corrected chi connectivity index (χ1v) is 5.90. The number of rotatable bonds is 6. The molecule has 0 bridgehead atoms. The number of aliphatic hydroxyl groups excluding tert-OH is 1. The van der Waals surface area contributed by atoms with Crippen LogP contribution in [0.4, 0.5) is 0 Å². The van der Waals surface area contributed by atoms with Crippen LogP contribution in [-0.4, -0.2) is 40.6 Å². The molecule has 1 amide bonds. The van der Waals surface area contributed by atoms with E-state index in [2.05, 4.69) is 4.98 Å². The number of carbonyl (C=O) groups excluding carboxylic acids is 1. The molecule has 0 saturated carbocycles. The molecule has 1 aromatic heterocycles. The minimum Gasteiger partial charge on any atom is -0.393 e. The number of nitrogens with zero attached hydrogens (tertiary/aromatic N) is 2. The molecule has 1 heterocycles. The maximum absolute atomic E-state index is 11.8. The second-order valence-corrected chi connectivity index (χ2v) is 4.31. The predicted octanol–water partition coefficient (Wildman–Crippen LogP) is 1.24. The summed E-state index contributed by atoms with van der Waals surface area (Å²) in [6.07, 6.45) is 4.97. The summed E-state index contributed by atoms with van der Waals surface area (Å²) in [6.45, 7) is 2.34. The van der Waals surface area contributed by atoms with Crippen LogP contribution < -0.4 is 0 Å². The molecule has 0 saturated heterocycles. The van der Waals surface area contributed by atoms with Gasteiger partial charge in [-0.15, -0.1) is 0 Å². The van der Waals surface area contributed by atoms with Gasteiger partial charge in [0.25, 0.3) is 0 Å². The number of hydrogen-bond donors (Lipinski definition) is 1. The van der Waals surface area contributed by atoms with Gasteiger partial charge >= 0.3 is 0 Å². The Kier molecular flexibility index (Phi) is 5.63. The zero-order valence-corrected chi connectivity index (χ0v) is 10.5. The average molecular weight is 236 g/mol. The van der Waals surface area contributed by atoms with Gasteiger partial charge in [-0.2, -0.15) is 0 Å². The smallest absolute Gasteiger partial charge is 0.222 e. The number of carbonyl (C=O) groups is 1. The van der Waals surface area contributed by atoms with Gasteiger partial charge < -0.3 is 10.0 Å². The van der Waals surface area contributed by atoms with Gasteiger partial charge in [0.05, 0.1) is 6.10 Å². The van der Waals surface area contributed by atoms with Crippen molar-refractivity contribution in [3.63, 3.8) is 0 Å². The third-order valence-corrected chi connectivity index (χ3v) is 2.68. The van der Waals surface area contributed by atoms with E-state index in [-0.39, 0.29) is 12.0 Å². The molecule has 17 heavy (non-hydrogen) atoms. The largest absolute Gasteiger partial charge is 0.393 e. The molecular weight excluding hydrogens is 216 g/mol. The Morgan fingerprint density at radius 3 is 2.71 bits per heavy atom. The molecule has 0 aromatic carbocycles. The van der Waals surface area contributed by atoms with Crippen molar-refractivity contribution < 1.29 is 9.90 Å². The zero-order chi connectivity index (χ0) is 12.7. The Bertz CT molecular complexity index is 339. The Hall–Kier alpha value is -1.42. The molecule has 4 heteroatoms. The summed E-state index contributed by atoms with van der Waals surface area (Å²) in [5.74, 6) is 0.113. The van der Waals surface area contributed by atoms with E-state index in [1.165, 1.54) is 0 Å². The van der Waals surface area contributed by atoms with E-state index >= 15 is 0 Å². The van der Waals surface area contributed by atoms with E-state index in [4.69, 9.17) is 5.11 Å². The number of aliphatic hydroxyl groups is 1. The highest BCUT2D eigenvalue weighted by atomic mass is 16.3. The molecule has 0 radical (unpaired) electrons. The van der Waals surface area contributed by atoms with E-state index in [9.17, 15) is 4.79 Å². The topological polar surface area (TPSA) is 53.4 Å². The lowest BCUT2D eigenvalue weighted by Crippen LogP contribution is -2.29. The number of hydrogen-bond acceptors (Lipinski definition) is 3. The standard InChI is InChI=1S/C13H20N2O2/c1-11(16)7-10-15(2)13(17)4-3-12-5-8-14-9-6-12/h5-6,8-9,11,16H,3-4,7,10H2,1-2H3. The molecule has 0 aliphatic rings. The van der Waals surface area contributed by atoms with Crippen LogP contribution >= 0.6 is 0 Å². The average Bonchev–Trinajstić information content (AvgIpc) is 2.34. The van der Waals surface area contributed by atoms with E-state index in [0.29, 0.717) is 19.4 Å². The normalized spacial score (nSPS) is 12.2. The molecule has 0 aliphatic carbocycles. The Balaban J connectivity index is 2.29. The highest BCUT2D eigenvalue weighted by Crippen LogP contribution is 2.03. The van der Waals surface area contributed by atoms with Crippen LogP contribution in [0.3, 0.4) is 0 Å². The molecular formula is C13H20N2O2. The number of pyridine rings is 1. The van der Waals surface area contributed by atoms with E-state index in [1.807, 2.05) is 12.1 Å². The first-order valence-electron chi connectivity index (χ1n) is 5.90. The van der Waals surface area contributed by atoms with Gasteiger partial charge in [0, 0.05) is 32.4 Å². The lowest BCUT2D eigenvalue weighted by Gasteiger charge is -2.17. The minimum atomic E-state index is -0.356. The molecule has 1 unspecified atom stereocenters. The quantitative estimate of drug-likeness (QED) is 0.808. The minimum absolute atomic E-state index is 0.113. The fraction of sp³-hybridized carbons (Fsp3) is 0.538. The fourth-order valence-electron chi connectivity index (χ4n) is 1.50. The molecule has 1 N–H and O–H groups in total. The van der Waals surface area contributed by atoms with Crippen molar-refractivity contribution in [2.75, 3.05) is 13.6 Å². The fourth-order valence-corrected chi connectivity index (χ4v) is 1.50. The molecule has 0 aliphatic heterocycles. The summed E-state index contributed by atoms with van der Waals surface area (Å²) in [6, 6.07) is 3.84. The summed E-state index contributed by atoms with van der Waals surface area (Å²) >= 11 is 0. The van der Waals surface area contributed by atoms with Crippen molar-refractivity contribution in [2.24, 2.45) is 0 Å². The van der Waals surface area contributed by atoms with Crippen molar-refractivity contribution in [1.82, 2.24) is 9.88 Å². The molecule has 0 spiro atoms. The van der Waals surface area contributed by atoms with Crippen LogP contribution in [0, 0.1) is 0 Å². The van der Waals surface area contributed by atoms with Crippen molar-refractivity contribution >= 4 is 5.91 Å². The van der Waals surface area contributed by atoms with Crippen LogP contribution in [0.25, 0.3) is 0 Å². The SMILES string of the molecule is CC(O)CCN(C)C(=O)CCc1ccncc1. The summed E-state index contributed by atoms with van der Waals surface area (Å²) in [4.78, 5) is 17.4. The first-order chi connectivity index (χ1) is 8.09. The lowest BCUT2D eigenvalue weighted by molar-refractivity contribution is -0.130. The van der Waals surface area contributed by atoms with Crippen LogP contribution in [-0.2, 0) is 11.2 Å². The van der Waals surface area contributed by atoms with Crippen molar-refractivity contribution in [3.8, 4) is 0 Å². The van der Waals surface area contributed by atoms with Gasteiger partial charge in [-0.25, -0.2) is 0 Å². The van der Waals surface area contributed by atoms with Crippen molar-refractivity contribution in [3.05, 3.63) is 30.1 Å². The first kappa shape index (κ1) is 13.6. The number of aryl methyl sites for hydroxylation is 1. The number of amides is 1. The van der Waals surface area contributed by atoms with E-state index in [0.717, 1.165) is 12.0 Å². The predicted molar refractivity (Wildman–Crippen MR) is 66.5 cm³/mol. The van der Waals surface area contributed by atoms with E-state index < -0.39 is 0 Å². The van der Waals surface area contributed by atoms with Crippen LogP contribution in [0.15, 0.2) is 24.5 Å².